The van der Waals surface area contributed by atoms with E-state index in [0.717, 1.165) is 16.2 Å². The SMILES string of the molecule is COc1ccc([C@@H]2[C@H](CC[C@H](O)c3ccc(F)cc3)CC(=S)N2c2ccccc2)c(O)c1. The quantitative estimate of drug-likeness (QED) is 0.435. The van der Waals surface area contributed by atoms with Crippen molar-refractivity contribution in [1.29, 1.82) is 0 Å². The highest BCUT2D eigenvalue weighted by Gasteiger charge is 2.40. The van der Waals surface area contributed by atoms with E-state index >= 15 is 0 Å². The smallest absolute Gasteiger partial charge is 0.124 e. The zero-order chi connectivity index (χ0) is 22.7. The number of phenolic OH excluding ortho intramolecular Hbond substituents is 1. The predicted octanol–water partition coefficient (Wildman–Crippen LogP) is 5.95. The Morgan fingerprint density at radius 3 is 2.47 bits per heavy atom. The van der Waals surface area contributed by atoms with E-state index in [4.69, 9.17) is 17.0 Å². The Labute approximate surface area is 192 Å². The highest BCUT2D eigenvalue weighted by atomic mass is 32.1. The monoisotopic (exact) mass is 451 g/mol. The summed E-state index contributed by atoms with van der Waals surface area (Å²) in [5.41, 5.74) is 2.44. The van der Waals surface area contributed by atoms with Crippen molar-refractivity contribution < 1.29 is 19.3 Å². The predicted molar refractivity (Wildman–Crippen MR) is 128 cm³/mol. The summed E-state index contributed by atoms with van der Waals surface area (Å²) in [6.07, 6.45) is 1.18. The first-order valence-corrected chi connectivity index (χ1v) is 11.1. The first-order valence-electron chi connectivity index (χ1n) is 10.7. The molecule has 1 aliphatic heterocycles. The van der Waals surface area contributed by atoms with Gasteiger partial charge in [0.05, 0.1) is 24.2 Å². The summed E-state index contributed by atoms with van der Waals surface area (Å²) in [4.78, 5) is 2.91. The number of thiocarbonyl (C=S) groups is 1. The van der Waals surface area contributed by atoms with Crippen molar-refractivity contribution in [3.63, 3.8) is 0 Å². The summed E-state index contributed by atoms with van der Waals surface area (Å²) in [5.74, 6) is 0.512. The molecule has 166 valence electrons. The lowest BCUT2D eigenvalue weighted by Crippen LogP contribution is -2.28. The van der Waals surface area contributed by atoms with Crippen molar-refractivity contribution in [1.82, 2.24) is 0 Å². The zero-order valence-electron chi connectivity index (χ0n) is 17.8. The van der Waals surface area contributed by atoms with Crippen LogP contribution in [0, 0.1) is 11.7 Å². The number of aromatic hydroxyl groups is 1. The molecule has 32 heavy (non-hydrogen) atoms. The molecule has 0 unspecified atom stereocenters. The van der Waals surface area contributed by atoms with Gasteiger partial charge < -0.3 is 19.8 Å². The molecule has 6 heteroatoms. The molecule has 0 spiro atoms. The number of benzene rings is 3. The van der Waals surface area contributed by atoms with Crippen molar-refractivity contribution in [3.05, 3.63) is 89.7 Å². The number of rotatable bonds is 7. The topological polar surface area (TPSA) is 52.9 Å². The minimum atomic E-state index is -0.694. The molecule has 3 aromatic rings. The number of phenols is 1. The number of para-hydroxylation sites is 1. The van der Waals surface area contributed by atoms with Gasteiger partial charge >= 0.3 is 0 Å². The highest BCUT2D eigenvalue weighted by Crippen LogP contribution is 2.47. The Morgan fingerprint density at radius 1 is 1.09 bits per heavy atom. The van der Waals surface area contributed by atoms with Crippen LogP contribution in [0.1, 0.15) is 42.5 Å². The Hall–Kier alpha value is -2.96. The second-order valence-electron chi connectivity index (χ2n) is 8.08. The third kappa shape index (κ3) is 4.61. The number of ether oxygens (including phenoxy) is 1. The maximum absolute atomic E-state index is 13.2. The lowest BCUT2D eigenvalue weighted by Gasteiger charge is -2.31. The van der Waals surface area contributed by atoms with Crippen molar-refractivity contribution in [2.24, 2.45) is 5.92 Å². The number of methoxy groups -OCH3 is 1. The maximum Gasteiger partial charge on any atom is 0.124 e. The molecule has 3 atom stereocenters. The molecule has 0 aliphatic carbocycles. The van der Waals surface area contributed by atoms with E-state index in [2.05, 4.69) is 4.90 Å². The van der Waals surface area contributed by atoms with E-state index in [-0.39, 0.29) is 23.5 Å². The van der Waals surface area contributed by atoms with Crippen molar-refractivity contribution in [2.75, 3.05) is 12.0 Å². The van der Waals surface area contributed by atoms with Gasteiger partial charge in [0.1, 0.15) is 17.3 Å². The zero-order valence-corrected chi connectivity index (χ0v) is 18.6. The van der Waals surface area contributed by atoms with Crippen LogP contribution in [-0.4, -0.2) is 22.3 Å². The molecule has 0 amide bonds. The molecular formula is C26H26FNO3S. The van der Waals surface area contributed by atoms with Crippen molar-refractivity contribution in [3.8, 4) is 11.5 Å². The van der Waals surface area contributed by atoms with Gasteiger partial charge in [-0.1, -0.05) is 42.5 Å². The molecule has 4 rings (SSSR count). The molecule has 0 aromatic heterocycles. The average molecular weight is 452 g/mol. The van der Waals surface area contributed by atoms with Crippen LogP contribution in [0.2, 0.25) is 0 Å². The maximum atomic E-state index is 13.2. The fourth-order valence-electron chi connectivity index (χ4n) is 4.47. The molecule has 1 fully saturated rings. The molecule has 1 heterocycles. The number of halogens is 1. The van der Waals surface area contributed by atoms with Crippen LogP contribution in [0.4, 0.5) is 10.1 Å². The van der Waals surface area contributed by atoms with Gasteiger partial charge in [-0.15, -0.1) is 0 Å². The molecule has 0 bridgehead atoms. The molecular weight excluding hydrogens is 425 g/mol. The van der Waals surface area contributed by atoms with Crippen LogP contribution < -0.4 is 9.64 Å². The molecule has 0 saturated carbocycles. The highest BCUT2D eigenvalue weighted by molar-refractivity contribution is 7.80. The van der Waals surface area contributed by atoms with Crippen molar-refractivity contribution >= 4 is 22.9 Å². The van der Waals surface area contributed by atoms with Gasteiger partial charge in [0, 0.05) is 23.7 Å². The first kappa shape index (κ1) is 22.2. The minimum Gasteiger partial charge on any atom is -0.507 e. The summed E-state index contributed by atoms with van der Waals surface area (Å²) in [6, 6.07) is 21.0. The van der Waals surface area contributed by atoms with Gasteiger partial charge in [-0.05, 0) is 60.7 Å². The van der Waals surface area contributed by atoms with Gasteiger partial charge in [-0.25, -0.2) is 4.39 Å². The third-order valence-electron chi connectivity index (χ3n) is 6.09. The van der Waals surface area contributed by atoms with Crippen LogP contribution in [-0.2, 0) is 0 Å². The van der Waals surface area contributed by atoms with E-state index in [0.29, 0.717) is 30.6 Å². The van der Waals surface area contributed by atoms with Crippen LogP contribution in [0.3, 0.4) is 0 Å². The van der Waals surface area contributed by atoms with Crippen LogP contribution >= 0.6 is 12.2 Å². The number of aliphatic hydroxyl groups is 1. The van der Waals surface area contributed by atoms with E-state index in [1.165, 1.54) is 12.1 Å². The Balaban J connectivity index is 1.63. The third-order valence-corrected chi connectivity index (χ3v) is 6.45. The fraction of sp³-hybridized carbons (Fsp3) is 0.269. The first-order chi connectivity index (χ1) is 15.5. The second-order valence-corrected chi connectivity index (χ2v) is 8.55. The second kappa shape index (κ2) is 9.67. The molecule has 3 aromatic carbocycles. The molecule has 0 radical (unpaired) electrons. The summed E-state index contributed by atoms with van der Waals surface area (Å²) >= 11 is 5.77. The summed E-state index contributed by atoms with van der Waals surface area (Å²) < 4.78 is 18.5. The van der Waals surface area contributed by atoms with E-state index in [9.17, 15) is 14.6 Å². The van der Waals surface area contributed by atoms with Gasteiger partial charge in [-0.3, -0.25) is 0 Å². The van der Waals surface area contributed by atoms with Crippen LogP contribution in [0.15, 0.2) is 72.8 Å². The number of nitrogens with zero attached hydrogens (tertiary/aromatic N) is 1. The molecule has 1 aliphatic rings. The number of hydrogen-bond donors (Lipinski definition) is 2. The number of hydrogen-bond acceptors (Lipinski definition) is 4. The minimum absolute atomic E-state index is 0.0945. The Morgan fingerprint density at radius 2 is 1.81 bits per heavy atom. The molecule has 2 N–H and O–H groups in total. The van der Waals surface area contributed by atoms with Gasteiger partial charge in [-0.2, -0.15) is 0 Å². The molecule has 4 nitrogen and oxygen atoms in total. The number of aliphatic hydroxyl groups excluding tert-OH is 1. The van der Waals surface area contributed by atoms with Gasteiger partial charge in [0.25, 0.3) is 0 Å². The van der Waals surface area contributed by atoms with E-state index in [1.54, 1.807) is 25.3 Å². The van der Waals surface area contributed by atoms with E-state index in [1.807, 2.05) is 42.5 Å². The van der Waals surface area contributed by atoms with Crippen molar-refractivity contribution in [2.45, 2.75) is 31.4 Å². The lowest BCUT2D eigenvalue weighted by atomic mass is 9.87. The van der Waals surface area contributed by atoms with Gasteiger partial charge in [0.2, 0.25) is 0 Å². The largest absolute Gasteiger partial charge is 0.507 e. The standard InChI is InChI=1S/C26H26FNO3S/c1-31-21-12-13-22(24(30)16-21)26-18(9-14-23(29)17-7-10-19(27)11-8-17)15-25(32)28(26)20-5-3-2-4-6-20/h2-8,10-13,16,18,23,26,29-30H,9,14-15H2,1H3/t18-,23+,26+/m1/s1. The average Bonchev–Trinajstić information content (AvgIpc) is 3.14. The summed E-state index contributed by atoms with van der Waals surface area (Å²) in [7, 11) is 1.56. The van der Waals surface area contributed by atoms with Gasteiger partial charge in [0.15, 0.2) is 0 Å². The molecule has 1 saturated heterocycles. The Kier molecular flexibility index (Phi) is 6.72. The fourth-order valence-corrected chi connectivity index (χ4v) is 4.90. The van der Waals surface area contributed by atoms with Crippen LogP contribution in [0.5, 0.6) is 11.5 Å². The number of anilines is 1. The normalized spacial score (nSPS) is 19.2. The van der Waals surface area contributed by atoms with E-state index < -0.39 is 6.10 Å². The summed E-state index contributed by atoms with van der Waals surface area (Å²) in [5, 5.41) is 21.5. The lowest BCUT2D eigenvalue weighted by molar-refractivity contribution is 0.155. The summed E-state index contributed by atoms with van der Waals surface area (Å²) in [6.45, 7) is 0. The Bertz CT molecular complexity index is 1070. The van der Waals surface area contributed by atoms with Crippen LogP contribution in [0.25, 0.3) is 0 Å².